The molecule has 1 atom stereocenters. The minimum atomic E-state index is -0.143. The fraction of sp³-hybridized carbons (Fsp3) is 0.385. The Labute approximate surface area is 142 Å². The van der Waals surface area contributed by atoms with Crippen LogP contribution >= 0.6 is 40.1 Å². The molecule has 1 aliphatic heterocycles. The van der Waals surface area contributed by atoms with Crippen molar-refractivity contribution < 1.29 is 9.59 Å². The van der Waals surface area contributed by atoms with E-state index >= 15 is 0 Å². The van der Waals surface area contributed by atoms with Gasteiger partial charge in [-0.05, 0) is 18.2 Å². The SMILES string of the molecule is Cl.O=C(NCCNC(=O)C1CSCN1)c1cccc(Br)c1. The zero-order valence-electron chi connectivity index (χ0n) is 11.2. The second-order valence-electron chi connectivity index (χ2n) is 4.33. The first kappa shape index (κ1) is 18.3. The van der Waals surface area contributed by atoms with Crippen molar-refractivity contribution in [2.45, 2.75) is 6.04 Å². The molecule has 8 heteroatoms. The second kappa shape index (κ2) is 9.30. The number of rotatable bonds is 5. The van der Waals surface area contributed by atoms with Crippen molar-refractivity contribution in [2.24, 2.45) is 0 Å². The zero-order valence-corrected chi connectivity index (χ0v) is 14.4. The number of benzene rings is 1. The fourth-order valence-corrected chi connectivity index (χ4v) is 3.12. The van der Waals surface area contributed by atoms with E-state index < -0.39 is 0 Å². The molecule has 1 heterocycles. The van der Waals surface area contributed by atoms with Crippen LogP contribution in [0.5, 0.6) is 0 Å². The third kappa shape index (κ3) is 5.86. The first-order valence-corrected chi connectivity index (χ1v) is 8.24. The molecule has 1 unspecified atom stereocenters. The highest BCUT2D eigenvalue weighted by atomic mass is 79.9. The topological polar surface area (TPSA) is 70.2 Å². The average molecular weight is 395 g/mol. The Morgan fingerprint density at radius 3 is 2.76 bits per heavy atom. The number of hydrogen-bond acceptors (Lipinski definition) is 4. The number of carbonyl (C=O) groups is 2. The van der Waals surface area contributed by atoms with Crippen LogP contribution in [-0.2, 0) is 4.79 Å². The molecule has 2 amide bonds. The second-order valence-corrected chi connectivity index (χ2v) is 6.28. The van der Waals surface area contributed by atoms with Gasteiger partial charge in [-0.3, -0.25) is 14.9 Å². The largest absolute Gasteiger partial charge is 0.353 e. The Hall–Kier alpha value is -0.760. The average Bonchev–Trinajstić information content (AvgIpc) is 2.97. The van der Waals surface area contributed by atoms with Crippen LogP contribution in [0.4, 0.5) is 0 Å². The molecule has 21 heavy (non-hydrogen) atoms. The van der Waals surface area contributed by atoms with E-state index in [1.165, 1.54) is 0 Å². The van der Waals surface area contributed by atoms with Gasteiger partial charge in [0.1, 0.15) is 0 Å². The lowest BCUT2D eigenvalue weighted by Crippen LogP contribution is -2.44. The van der Waals surface area contributed by atoms with E-state index in [1.807, 2.05) is 12.1 Å². The Kier molecular flexibility index (Phi) is 8.10. The normalized spacial score (nSPS) is 16.9. The number of halogens is 2. The Morgan fingerprint density at radius 1 is 1.33 bits per heavy atom. The molecule has 116 valence electrons. The van der Waals surface area contributed by atoms with Gasteiger partial charge in [-0.2, -0.15) is 0 Å². The summed E-state index contributed by atoms with van der Waals surface area (Å²) in [7, 11) is 0. The molecule has 5 nitrogen and oxygen atoms in total. The lowest BCUT2D eigenvalue weighted by atomic mass is 10.2. The van der Waals surface area contributed by atoms with Crippen LogP contribution in [0.3, 0.4) is 0 Å². The predicted octanol–water partition coefficient (Wildman–Crippen LogP) is 1.38. The molecule has 1 aliphatic rings. The highest BCUT2D eigenvalue weighted by molar-refractivity contribution is 9.10. The summed E-state index contributed by atoms with van der Waals surface area (Å²) >= 11 is 5.03. The van der Waals surface area contributed by atoms with Gasteiger partial charge in [-0.15, -0.1) is 24.2 Å². The number of hydrogen-bond donors (Lipinski definition) is 3. The van der Waals surface area contributed by atoms with Gasteiger partial charge >= 0.3 is 0 Å². The van der Waals surface area contributed by atoms with Crippen LogP contribution in [0.15, 0.2) is 28.7 Å². The van der Waals surface area contributed by atoms with Gasteiger partial charge in [0.15, 0.2) is 0 Å². The molecule has 0 radical (unpaired) electrons. The first-order chi connectivity index (χ1) is 9.66. The number of carbonyl (C=O) groups excluding carboxylic acids is 2. The Bertz CT molecular complexity index is 498. The lowest BCUT2D eigenvalue weighted by molar-refractivity contribution is -0.122. The molecule has 0 spiro atoms. The molecule has 1 aromatic carbocycles. The molecule has 0 aromatic heterocycles. The maximum atomic E-state index is 11.8. The van der Waals surface area contributed by atoms with Crippen molar-refractivity contribution in [1.82, 2.24) is 16.0 Å². The molecular weight excluding hydrogens is 378 g/mol. The molecule has 1 aromatic rings. The van der Waals surface area contributed by atoms with Gasteiger partial charge in [0, 0.05) is 34.8 Å². The molecule has 1 fully saturated rings. The number of amides is 2. The van der Waals surface area contributed by atoms with E-state index in [9.17, 15) is 9.59 Å². The summed E-state index contributed by atoms with van der Waals surface area (Å²) in [5.74, 6) is 1.47. The quantitative estimate of drug-likeness (QED) is 0.660. The van der Waals surface area contributed by atoms with Gasteiger partial charge < -0.3 is 10.6 Å². The Balaban J connectivity index is 0.00000220. The minimum Gasteiger partial charge on any atom is -0.353 e. The molecule has 0 bridgehead atoms. The van der Waals surface area contributed by atoms with Gasteiger partial charge in [-0.1, -0.05) is 22.0 Å². The summed E-state index contributed by atoms with van der Waals surface area (Å²) in [5.41, 5.74) is 0.597. The van der Waals surface area contributed by atoms with Gasteiger partial charge in [-0.25, -0.2) is 0 Å². The van der Waals surface area contributed by atoms with Crippen LogP contribution in [0.2, 0.25) is 0 Å². The van der Waals surface area contributed by atoms with Crippen molar-refractivity contribution in [3.8, 4) is 0 Å². The summed E-state index contributed by atoms with van der Waals surface area (Å²) in [6.07, 6.45) is 0. The molecule has 3 N–H and O–H groups in total. The van der Waals surface area contributed by atoms with Crippen molar-refractivity contribution in [1.29, 1.82) is 0 Å². The highest BCUT2D eigenvalue weighted by Crippen LogP contribution is 2.11. The lowest BCUT2D eigenvalue weighted by Gasteiger charge is -2.11. The maximum Gasteiger partial charge on any atom is 0.251 e. The van der Waals surface area contributed by atoms with Crippen LogP contribution in [0.1, 0.15) is 10.4 Å². The van der Waals surface area contributed by atoms with Crippen molar-refractivity contribution >= 4 is 51.9 Å². The fourth-order valence-electron chi connectivity index (χ4n) is 1.78. The minimum absolute atomic E-state index is 0. The van der Waals surface area contributed by atoms with Crippen LogP contribution in [-0.4, -0.2) is 42.6 Å². The van der Waals surface area contributed by atoms with E-state index in [0.717, 1.165) is 16.1 Å². The van der Waals surface area contributed by atoms with E-state index in [0.29, 0.717) is 18.7 Å². The number of nitrogens with one attached hydrogen (secondary N) is 3. The monoisotopic (exact) mass is 393 g/mol. The molecule has 2 rings (SSSR count). The zero-order chi connectivity index (χ0) is 14.4. The van der Waals surface area contributed by atoms with Gasteiger partial charge in [0.05, 0.1) is 6.04 Å². The maximum absolute atomic E-state index is 11.8. The summed E-state index contributed by atoms with van der Waals surface area (Å²) in [6.45, 7) is 0.846. The predicted molar refractivity (Wildman–Crippen MR) is 91.0 cm³/mol. The van der Waals surface area contributed by atoms with E-state index in [2.05, 4.69) is 31.9 Å². The molecule has 0 aliphatic carbocycles. The molecular formula is C13H17BrClN3O2S. The summed E-state index contributed by atoms with van der Waals surface area (Å²) in [6, 6.07) is 7.07. The third-order valence-corrected chi connectivity index (χ3v) is 4.26. The summed E-state index contributed by atoms with van der Waals surface area (Å²) in [5, 5.41) is 8.67. The molecule has 1 saturated heterocycles. The van der Waals surface area contributed by atoms with Crippen LogP contribution in [0.25, 0.3) is 0 Å². The first-order valence-electron chi connectivity index (χ1n) is 6.29. The van der Waals surface area contributed by atoms with E-state index in [4.69, 9.17) is 0 Å². The third-order valence-electron chi connectivity index (χ3n) is 2.83. The Morgan fingerprint density at radius 2 is 2.10 bits per heavy atom. The number of thioether (sulfide) groups is 1. The van der Waals surface area contributed by atoms with E-state index in [1.54, 1.807) is 23.9 Å². The van der Waals surface area contributed by atoms with Crippen molar-refractivity contribution in [2.75, 3.05) is 24.7 Å². The summed E-state index contributed by atoms with van der Waals surface area (Å²) in [4.78, 5) is 23.5. The van der Waals surface area contributed by atoms with Gasteiger partial charge in [0.25, 0.3) is 5.91 Å². The van der Waals surface area contributed by atoms with Crippen LogP contribution in [0, 0.1) is 0 Å². The van der Waals surface area contributed by atoms with Crippen LogP contribution < -0.4 is 16.0 Å². The van der Waals surface area contributed by atoms with Crippen molar-refractivity contribution in [3.63, 3.8) is 0 Å². The smallest absolute Gasteiger partial charge is 0.251 e. The highest BCUT2D eigenvalue weighted by Gasteiger charge is 2.21. The van der Waals surface area contributed by atoms with Gasteiger partial charge in [0.2, 0.25) is 5.91 Å². The molecule has 0 saturated carbocycles. The standard InChI is InChI=1S/C13H16BrN3O2S.ClH/c14-10-3-1-2-9(6-10)12(18)15-4-5-16-13(19)11-7-20-8-17-11;/h1-3,6,11,17H,4-5,7-8H2,(H,15,18)(H,16,19);1H. The van der Waals surface area contributed by atoms with E-state index in [-0.39, 0.29) is 30.3 Å². The summed E-state index contributed by atoms with van der Waals surface area (Å²) < 4.78 is 0.864. The van der Waals surface area contributed by atoms with Crippen molar-refractivity contribution in [3.05, 3.63) is 34.3 Å².